The van der Waals surface area contributed by atoms with Crippen LogP contribution >= 0.6 is 0 Å². The number of Topliss-reactive ketones (excluding diaryl/α,β-unsaturated/α-hetero) is 2. The van der Waals surface area contributed by atoms with Crippen molar-refractivity contribution in [3.63, 3.8) is 0 Å². The summed E-state index contributed by atoms with van der Waals surface area (Å²) in [6.45, 7) is 4.33. The standard InChI is InChI=1S/C25H34O3/c1-3-4-5-6-18(26)14-17-15-23-22-9-7-16-13-19(27)8-10-20(16)21(22)11-12-25(23,2)24(17)28/h8,10,13,17,21-23,27H,3-7,9,11-12,14-15H2,1-2H3/t17?,21?,22?,23?,25-/m0/s1. The third-order valence-corrected chi connectivity index (χ3v) is 8.11. The van der Waals surface area contributed by atoms with Crippen molar-refractivity contribution >= 4 is 11.6 Å². The highest BCUT2D eigenvalue weighted by atomic mass is 16.3. The van der Waals surface area contributed by atoms with Gasteiger partial charge in [0, 0.05) is 24.2 Å². The number of ketones is 2. The maximum atomic E-state index is 13.3. The lowest BCUT2D eigenvalue weighted by Crippen LogP contribution is -2.42. The molecule has 1 aromatic carbocycles. The van der Waals surface area contributed by atoms with Crippen LogP contribution in [0.1, 0.15) is 88.7 Å². The zero-order valence-corrected chi connectivity index (χ0v) is 17.4. The monoisotopic (exact) mass is 382 g/mol. The fourth-order valence-corrected chi connectivity index (χ4v) is 6.63. The molecule has 0 radical (unpaired) electrons. The molecule has 0 aliphatic heterocycles. The van der Waals surface area contributed by atoms with Gasteiger partial charge in [-0.2, -0.15) is 0 Å². The number of fused-ring (bicyclic) bond motifs is 5. The quantitative estimate of drug-likeness (QED) is 0.653. The first-order valence-electron chi connectivity index (χ1n) is 11.3. The van der Waals surface area contributed by atoms with Crippen LogP contribution in [0.15, 0.2) is 18.2 Å². The molecule has 0 heterocycles. The molecule has 3 nitrogen and oxygen atoms in total. The third-order valence-electron chi connectivity index (χ3n) is 8.11. The first-order valence-corrected chi connectivity index (χ1v) is 11.3. The molecule has 0 aromatic heterocycles. The molecule has 3 heteroatoms. The average molecular weight is 383 g/mol. The number of aryl methyl sites for hydroxylation is 1. The Bertz CT molecular complexity index is 767. The molecule has 1 N–H and O–H groups in total. The Morgan fingerprint density at radius 2 is 2.07 bits per heavy atom. The number of phenolic OH excluding ortho intramolecular Hbond substituents is 1. The van der Waals surface area contributed by atoms with Crippen molar-refractivity contribution in [2.45, 2.75) is 84.0 Å². The largest absolute Gasteiger partial charge is 0.508 e. The Balaban J connectivity index is 1.50. The summed E-state index contributed by atoms with van der Waals surface area (Å²) in [5, 5.41) is 9.83. The number of hydrogen-bond donors (Lipinski definition) is 1. The van der Waals surface area contributed by atoms with Crippen LogP contribution in [0.4, 0.5) is 0 Å². The first kappa shape index (κ1) is 19.7. The molecule has 28 heavy (non-hydrogen) atoms. The molecule has 3 aliphatic carbocycles. The van der Waals surface area contributed by atoms with Crippen LogP contribution < -0.4 is 0 Å². The van der Waals surface area contributed by atoms with Crippen molar-refractivity contribution in [3.05, 3.63) is 29.3 Å². The van der Waals surface area contributed by atoms with Gasteiger partial charge in [-0.25, -0.2) is 0 Å². The summed E-state index contributed by atoms with van der Waals surface area (Å²) in [5.41, 5.74) is 2.45. The molecule has 0 bridgehead atoms. The van der Waals surface area contributed by atoms with Crippen LogP contribution in [-0.2, 0) is 16.0 Å². The summed E-state index contributed by atoms with van der Waals surface area (Å²) in [6, 6.07) is 5.85. The van der Waals surface area contributed by atoms with Gasteiger partial charge in [0.2, 0.25) is 0 Å². The van der Waals surface area contributed by atoms with E-state index in [1.807, 2.05) is 12.1 Å². The van der Waals surface area contributed by atoms with Gasteiger partial charge in [0.25, 0.3) is 0 Å². The summed E-state index contributed by atoms with van der Waals surface area (Å²) < 4.78 is 0. The number of carbonyl (C=O) groups excluding carboxylic acids is 2. The van der Waals surface area contributed by atoms with E-state index in [0.717, 1.165) is 51.4 Å². The zero-order valence-electron chi connectivity index (χ0n) is 17.4. The molecular formula is C25H34O3. The van der Waals surface area contributed by atoms with Gasteiger partial charge in [-0.3, -0.25) is 9.59 Å². The maximum absolute atomic E-state index is 13.3. The second kappa shape index (κ2) is 7.65. The molecule has 0 spiro atoms. The minimum atomic E-state index is -0.232. The van der Waals surface area contributed by atoms with E-state index in [1.54, 1.807) is 0 Å². The van der Waals surface area contributed by atoms with Crippen molar-refractivity contribution in [1.29, 1.82) is 0 Å². The predicted molar refractivity (Wildman–Crippen MR) is 110 cm³/mol. The van der Waals surface area contributed by atoms with Crippen LogP contribution in [0.3, 0.4) is 0 Å². The Labute approximate surface area is 168 Å². The van der Waals surface area contributed by atoms with Crippen molar-refractivity contribution < 1.29 is 14.7 Å². The van der Waals surface area contributed by atoms with Crippen LogP contribution in [-0.4, -0.2) is 16.7 Å². The Hall–Kier alpha value is -1.64. The molecule has 2 saturated carbocycles. The number of unbranched alkanes of at least 4 members (excludes halogenated alkanes) is 2. The van der Waals surface area contributed by atoms with Crippen LogP contribution in [0, 0.1) is 23.2 Å². The molecular weight excluding hydrogens is 348 g/mol. The predicted octanol–water partition coefficient (Wildman–Crippen LogP) is 5.58. The second-order valence-corrected chi connectivity index (χ2v) is 9.75. The summed E-state index contributed by atoms with van der Waals surface area (Å²) in [4.78, 5) is 25.7. The Kier molecular flexibility index (Phi) is 5.37. The summed E-state index contributed by atoms with van der Waals surface area (Å²) in [7, 11) is 0. The number of rotatable bonds is 6. The molecule has 1 aromatic rings. The minimum absolute atomic E-state index is 0.0518. The number of phenols is 1. The zero-order chi connectivity index (χ0) is 19.9. The molecule has 5 atom stereocenters. The van der Waals surface area contributed by atoms with Gasteiger partial charge in [-0.05, 0) is 79.5 Å². The summed E-state index contributed by atoms with van der Waals surface area (Å²) in [6.07, 6.45) is 9.30. The number of benzene rings is 1. The van der Waals surface area contributed by atoms with Crippen molar-refractivity contribution in [2.24, 2.45) is 23.2 Å². The topological polar surface area (TPSA) is 54.4 Å². The Morgan fingerprint density at radius 3 is 2.86 bits per heavy atom. The molecule has 152 valence electrons. The lowest BCUT2D eigenvalue weighted by molar-refractivity contribution is -0.134. The highest BCUT2D eigenvalue weighted by Gasteiger charge is 2.58. The molecule has 3 aliphatic rings. The van der Waals surface area contributed by atoms with Gasteiger partial charge >= 0.3 is 0 Å². The van der Waals surface area contributed by atoms with E-state index < -0.39 is 0 Å². The molecule has 2 fully saturated rings. The second-order valence-electron chi connectivity index (χ2n) is 9.75. The summed E-state index contributed by atoms with van der Waals surface area (Å²) in [5.74, 6) is 2.43. The number of hydrogen-bond acceptors (Lipinski definition) is 3. The van der Waals surface area contributed by atoms with Crippen molar-refractivity contribution in [2.75, 3.05) is 0 Å². The minimum Gasteiger partial charge on any atom is -0.508 e. The fraction of sp³-hybridized carbons (Fsp3) is 0.680. The smallest absolute Gasteiger partial charge is 0.142 e. The normalized spacial score (nSPS) is 33.9. The average Bonchev–Trinajstić information content (AvgIpc) is 2.92. The van der Waals surface area contributed by atoms with E-state index in [9.17, 15) is 14.7 Å². The number of carbonyl (C=O) groups is 2. The lowest BCUT2D eigenvalue weighted by Gasteiger charge is -2.48. The highest BCUT2D eigenvalue weighted by molar-refractivity contribution is 5.93. The Morgan fingerprint density at radius 1 is 1.25 bits per heavy atom. The molecule has 0 saturated heterocycles. The van der Waals surface area contributed by atoms with Gasteiger partial charge in [0.1, 0.15) is 17.3 Å². The molecule has 4 unspecified atom stereocenters. The van der Waals surface area contributed by atoms with Gasteiger partial charge in [-0.15, -0.1) is 0 Å². The molecule has 0 amide bonds. The maximum Gasteiger partial charge on any atom is 0.142 e. The van der Waals surface area contributed by atoms with Gasteiger partial charge in [0.05, 0.1) is 0 Å². The highest BCUT2D eigenvalue weighted by Crippen LogP contribution is 2.61. The van der Waals surface area contributed by atoms with Gasteiger partial charge in [0.15, 0.2) is 0 Å². The van der Waals surface area contributed by atoms with E-state index in [-0.39, 0.29) is 17.1 Å². The number of aromatic hydroxyl groups is 1. The van der Waals surface area contributed by atoms with E-state index in [0.29, 0.717) is 42.1 Å². The SMILES string of the molecule is CCCCCC(=O)CC1CC2C3CCc4cc(O)ccc4C3CC[C@]2(C)C1=O. The summed E-state index contributed by atoms with van der Waals surface area (Å²) >= 11 is 0. The fourth-order valence-electron chi connectivity index (χ4n) is 6.63. The van der Waals surface area contributed by atoms with E-state index in [4.69, 9.17) is 0 Å². The van der Waals surface area contributed by atoms with Gasteiger partial charge < -0.3 is 5.11 Å². The van der Waals surface area contributed by atoms with Crippen molar-refractivity contribution in [1.82, 2.24) is 0 Å². The van der Waals surface area contributed by atoms with E-state index in [2.05, 4.69) is 19.9 Å². The van der Waals surface area contributed by atoms with Crippen LogP contribution in [0.25, 0.3) is 0 Å². The van der Waals surface area contributed by atoms with Crippen molar-refractivity contribution in [3.8, 4) is 5.75 Å². The van der Waals surface area contributed by atoms with Crippen LogP contribution in [0.5, 0.6) is 5.75 Å². The third kappa shape index (κ3) is 3.31. The van der Waals surface area contributed by atoms with Crippen LogP contribution in [0.2, 0.25) is 0 Å². The molecule has 4 rings (SSSR count). The first-order chi connectivity index (χ1) is 13.4. The van der Waals surface area contributed by atoms with E-state index in [1.165, 1.54) is 11.1 Å². The van der Waals surface area contributed by atoms with Gasteiger partial charge in [-0.1, -0.05) is 32.8 Å². The lowest BCUT2D eigenvalue weighted by atomic mass is 9.55. The van der Waals surface area contributed by atoms with E-state index >= 15 is 0 Å².